The van der Waals surface area contributed by atoms with Crippen LogP contribution in [-0.2, 0) is 6.54 Å². The average Bonchev–Trinajstić information content (AvgIpc) is 2.60. The van der Waals surface area contributed by atoms with Crippen LogP contribution in [0.5, 0.6) is 0 Å². The van der Waals surface area contributed by atoms with Crippen LogP contribution in [-0.4, -0.2) is 23.9 Å². The number of amides is 1. The van der Waals surface area contributed by atoms with Crippen molar-refractivity contribution in [3.63, 3.8) is 0 Å². The molecule has 0 bridgehead atoms. The topological polar surface area (TPSA) is 46.3 Å². The quantitative estimate of drug-likeness (QED) is 0.632. The Balaban J connectivity index is 1.67. The zero-order valence-electron chi connectivity index (χ0n) is 13.3. The third-order valence-electron chi connectivity index (χ3n) is 4.55. The van der Waals surface area contributed by atoms with Crippen molar-refractivity contribution in [3.8, 4) is 0 Å². The van der Waals surface area contributed by atoms with Crippen LogP contribution in [0.15, 0.2) is 46.9 Å². The molecule has 2 N–H and O–H groups in total. The van der Waals surface area contributed by atoms with Gasteiger partial charge in [0.05, 0.1) is 0 Å². The van der Waals surface area contributed by atoms with Gasteiger partial charge in [0.1, 0.15) is 0 Å². The number of carbonyl (C=O) groups excluding carboxylic acids is 1. The summed E-state index contributed by atoms with van der Waals surface area (Å²) >= 11 is 5.72. The average molecular weight is 499 g/mol. The van der Waals surface area contributed by atoms with E-state index in [9.17, 15) is 4.79 Å². The van der Waals surface area contributed by atoms with Crippen LogP contribution in [0.4, 0.5) is 0 Å². The fourth-order valence-electron chi connectivity index (χ4n) is 3.25. The van der Waals surface area contributed by atoms with E-state index in [0.717, 1.165) is 39.5 Å². The van der Waals surface area contributed by atoms with Gasteiger partial charge in [-0.05, 0) is 70.7 Å². The third-order valence-corrected chi connectivity index (χ3v) is 5.63. The lowest BCUT2D eigenvalue weighted by Gasteiger charge is -2.32. The molecule has 3 rings (SSSR count). The molecule has 1 heterocycles. The molecular formula is C19H20BrIN2O. The Hall–Kier alpha value is -0.920. The van der Waals surface area contributed by atoms with Crippen LogP contribution < -0.4 is 5.73 Å². The molecule has 0 atom stereocenters. The van der Waals surface area contributed by atoms with Crippen LogP contribution in [0, 0.1) is 3.57 Å². The SMILES string of the molecule is NCc1cccc(C2CCN(C(=O)c3cc(Br)cc(I)c3)CC2)c1. The van der Waals surface area contributed by atoms with Gasteiger partial charge in [0, 0.05) is 33.2 Å². The van der Waals surface area contributed by atoms with Gasteiger partial charge in [-0.1, -0.05) is 40.2 Å². The molecule has 0 aliphatic carbocycles. The molecule has 5 heteroatoms. The smallest absolute Gasteiger partial charge is 0.253 e. The molecule has 2 aromatic rings. The van der Waals surface area contributed by atoms with Gasteiger partial charge in [-0.25, -0.2) is 0 Å². The molecule has 1 aliphatic rings. The predicted molar refractivity (Wildman–Crippen MR) is 109 cm³/mol. The maximum Gasteiger partial charge on any atom is 0.253 e. The van der Waals surface area contributed by atoms with E-state index in [-0.39, 0.29) is 5.91 Å². The molecule has 0 unspecified atom stereocenters. The van der Waals surface area contributed by atoms with Gasteiger partial charge in [0.25, 0.3) is 5.91 Å². The van der Waals surface area contributed by atoms with E-state index in [1.54, 1.807) is 0 Å². The molecular weight excluding hydrogens is 479 g/mol. The maximum atomic E-state index is 12.7. The fourth-order valence-corrected chi connectivity index (χ4v) is 4.84. The molecule has 0 saturated carbocycles. The zero-order chi connectivity index (χ0) is 17.1. The van der Waals surface area contributed by atoms with Crippen LogP contribution in [0.1, 0.15) is 40.2 Å². The summed E-state index contributed by atoms with van der Waals surface area (Å²) in [7, 11) is 0. The fraction of sp³-hybridized carbons (Fsp3) is 0.316. The Morgan fingerprint density at radius 1 is 1.21 bits per heavy atom. The molecule has 24 heavy (non-hydrogen) atoms. The van der Waals surface area contributed by atoms with Crippen molar-refractivity contribution in [2.45, 2.75) is 25.3 Å². The van der Waals surface area contributed by atoms with Gasteiger partial charge in [-0.2, -0.15) is 0 Å². The second-order valence-electron chi connectivity index (χ2n) is 6.17. The van der Waals surface area contributed by atoms with E-state index in [4.69, 9.17) is 5.73 Å². The summed E-state index contributed by atoms with van der Waals surface area (Å²) in [5, 5.41) is 0. The molecule has 0 radical (unpaired) electrons. The predicted octanol–water partition coefficient (Wildman–Crippen LogP) is 4.53. The van der Waals surface area contributed by atoms with Crippen molar-refractivity contribution < 1.29 is 4.79 Å². The summed E-state index contributed by atoms with van der Waals surface area (Å²) in [5.74, 6) is 0.645. The molecule has 2 aromatic carbocycles. The summed E-state index contributed by atoms with van der Waals surface area (Å²) in [5.41, 5.74) is 9.03. The van der Waals surface area contributed by atoms with Crippen molar-refractivity contribution in [2.75, 3.05) is 13.1 Å². The number of rotatable bonds is 3. The summed E-state index contributed by atoms with van der Waals surface area (Å²) in [6.07, 6.45) is 2.01. The number of nitrogens with two attached hydrogens (primary N) is 1. The standard InChI is InChI=1S/C19H20BrIN2O/c20-17-9-16(10-18(21)11-17)19(24)23-6-4-14(5-7-23)15-3-1-2-13(8-15)12-22/h1-3,8-11,14H,4-7,12,22H2. The highest BCUT2D eigenvalue weighted by atomic mass is 127. The van der Waals surface area contributed by atoms with E-state index in [1.807, 2.05) is 23.1 Å². The second-order valence-corrected chi connectivity index (χ2v) is 8.34. The van der Waals surface area contributed by atoms with Gasteiger partial charge in [-0.15, -0.1) is 0 Å². The first-order chi connectivity index (χ1) is 11.6. The number of hydrogen-bond acceptors (Lipinski definition) is 2. The summed E-state index contributed by atoms with van der Waals surface area (Å²) in [6.45, 7) is 2.19. The molecule has 0 spiro atoms. The van der Waals surface area contributed by atoms with Crippen LogP contribution in [0.25, 0.3) is 0 Å². The lowest BCUT2D eigenvalue weighted by atomic mass is 9.88. The number of carbonyl (C=O) groups is 1. The van der Waals surface area contributed by atoms with E-state index >= 15 is 0 Å². The van der Waals surface area contributed by atoms with Crippen molar-refractivity contribution in [2.24, 2.45) is 5.73 Å². The number of piperidine rings is 1. The Morgan fingerprint density at radius 2 is 1.96 bits per heavy atom. The lowest BCUT2D eigenvalue weighted by Crippen LogP contribution is -2.38. The number of benzene rings is 2. The van der Waals surface area contributed by atoms with E-state index < -0.39 is 0 Å². The minimum absolute atomic E-state index is 0.128. The minimum atomic E-state index is 0.128. The largest absolute Gasteiger partial charge is 0.339 e. The number of likely N-dealkylation sites (tertiary alicyclic amines) is 1. The van der Waals surface area contributed by atoms with Crippen molar-refractivity contribution in [1.82, 2.24) is 4.90 Å². The maximum absolute atomic E-state index is 12.7. The number of halogens is 2. The Bertz CT molecular complexity index is 722. The molecule has 0 aromatic heterocycles. The van der Waals surface area contributed by atoms with Gasteiger partial charge in [0.2, 0.25) is 0 Å². The Kier molecular flexibility index (Phi) is 5.94. The lowest BCUT2D eigenvalue weighted by molar-refractivity contribution is 0.0713. The zero-order valence-corrected chi connectivity index (χ0v) is 17.1. The molecule has 3 nitrogen and oxygen atoms in total. The highest BCUT2D eigenvalue weighted by Crippen LogP contribution is 2.29. The van der Waals surface area contributed by atoms with Crippen LogP contribution in [0.2, 0.25) is 0 Å². The molecule has 1 saturated heterocycles. The first-order valence-electron chi connectivity index (χ1n) is 8.11. The van der Waals surface area contributed by atoms with Gasteiger partial charge in [-0.3, -0.25) is 4.79 Å². The summed E-state index contributed by atoms with van der Waals surface area (Å²) in [4.78, 5) is 14.7. The first-order valence-corrected chi connectivity index (χ1v) is 9.98. The summed E-state index contributed by atoms with van der Waals surface area (Å²) < 4.78 is 2.02. The van der Waals surface area contributed by atoms with E-state index in [0.29, 0.717) is 12.5 Å². The molecule has 1 amide bonds. The number of nitrogens with zero attached hydrogens (tertiary/aromatic N) is 1. The molecule has 1 aliphatic heterocycles. The third kappa shape index (κ3) is 4.18. The molecule has 126 valence electrons. The van der Waals surface area contributed by atoms with E-state index in [2.05, 4.69) is 62.8 Å². The summed E-state index contributed by atoms with van der Waals surface area (Å²) in [6, 6.07) is 14.4. The van der Waals surface area contributed by atoms with Gasteiger partial charge < -0.3 is 10.6 Å². The van der Waals surface area contributed by atoms with Crippen LogP contribution in [0.3, 0.4) is 0 Å². The van der Waals surface area contributed by atoms with Crippen molar-refractivity contribution in [1.29, 1.82) is 0 Å². The second kappa shape index (κ2) is 7.97. The van der Waals surface area contributed by atoms with Crippen molar-refractivity contribution >= 4 is 44.4 Å². The van der Waals surface area contributed by atoms with Gasteiger partial charge in [0.15, 0.2) is 0 Å². The van der Waals surface area contributed by atoms with Crippen LogP contribution >= 0.6 is 38.5 Å². The molecule has 1 fully saturated rings. The first kappa shape index (κ1) is 17.9. The monoisotopic (exact) mass is 498 g/mol. The normalized spacial score (nSPS) is 15.5. The highest BCUT2D eigenvalue weighted by Gasteiger charge is 2.25. The minimum Gasteiger partial charge on any atom is -0.339 e. The Labute approximate surface area is 164 Å². The number of hydrogen-bond donors (Lipinski definition) is 1. The van der Waals surface area contributed by atoms with E-state index in [1.165, 1.54) is 11.1 Å². The van der Waals surface area contributed by atoms with Gasteiger partial charge >= 0.3 is 0 Å². The van der Waals surface area contributed by atoms with Crippen molar-refractivity contribution in [3.05, 3.63) is 67.2 Å². The Morgan fingerprint density at radius 3 is 2.62 bits per heavy atom. The highest BCUT2D eigenvalue weighted by molar-refractivity contribution is 14.1.